The number of fused-ring (bicyclic) bond motifs is 3. The molecule has 4 rings (SSSR count). The van der Waals surface area contributed by atoms with Crippen LogP contribution in [-0.2, 0) is 13.6 Å². The van der Waals surface area contributed by atoms with Gasteiger partial charge in [-0.15, -0.1) is 0 Å². The van der Waals surface area contributed by atoms with Crippen molar-refractivity contribution in [1.29, 1.82) is 0 Å². The highest BCUT2D eigenvalue weighted by atomic mass is 16.4. The van der Waals surface area contributed by atoms with Crippen LogP contribution in [0.3, 0.4) is 0 Å². The Morgan fingerprint density at radius 1 is 1.08 bits per heavy atom. The van der Waals surface area contributed by atoms with E-state index in [0.717, 1.165) is 24.5 Å². The van der Waals surface area contributed by atoms with Crippen LogP contribution in [0.2, 0.25) is 0 Å². The number of rotatable bonds is 3. The highest BCUT2D eigenvalue weighted by Gasteiger charge is 2.21. The first-order chi connectivity index (χ1) is 12.0. The lowest BCUT2D eigenvalue weighted by Gasteiger charge is -2.26. The molecule has 3 aromatic rings. The zero-order valence-electron chi connectivity index (χ0n) is 14.9. The maximum atomic E-state index is 13.0. The quantitative estimate of drug-likeness (QED) is 0.709. The zero-order chi connectivity index (χ0) is 17.7. The lowest BCUT2D eigenvalue weighted by atomic mass is 10.1. The maximum Gasteiger partial charge on any atom is 0.332 e. The summed E-state index contributed by atoms with van der Waals surface area (Å²) in [6.45, 7) is 6.90. The molecule has 0 aliphatic carbocycles. The molecule has 25 heavy (non-hydrogen) atoms. The molecule has 8 nitrogen and oxygen atoms in total. The molecule has 1 aliphatic heterocycles. The summed E-state index contributed by atoms with van der Waals surface area (Å²) in [4.78, 5) is 32.4. The fourth-order valence-corrected chi connectivity index (χ4v) is 3.67. The molecule has 1 aliphatic rings. The molecule has 0 aromatic carbocycles. The summed E-state index contributed by atoms with van der Waals surface area (Å²) in [5, 5.41) is 0. The third kappa shape index (κ3) is 2.43. The Labute approximate surface area is 144 Å². The standard InChI is InChI=1S/C17H23N5O3/c1-11-12(2)25-16-18-14-13(22(11)16)15(23)21(17(24)19(14)3)10-9-20-7-5-4-6-8-20/h4-10H2,1-3H3. The van der Waals surface area contributed by atoms with E-state index in [9.17, 15) is 9.59 Å². The van der Waals surface area contributed by atoms with Gasteiger partial charge in [0.15, 0.2) is 11.2 Å². The van der Waals surface area contributed by atoms with Crippen molar-refractivity contribution in [1.82, 2.24) is 23.4 Å². The predicted molar refractivity (Wildman–Crippen MR) is 94.2 cm³/mol. The van der Waals surface area contributed by atoms with Gasteiger partial charge >= 0.3 is 11.5 Å². The van der Waals surface area contributed by atoms with Gasteiger partial charge in [-0.25, -0.2) is 4.79 Å². The van der Waals surface area contributed by atoms with Gasteiger partial charge in [-0.2, -0.15) is 4.98 Å². The molecular formula is C17H23N5O3. The fourth-order valence-electron chi connectivity index (χ4n) is 3.67. The van der Waals surface area contributed by atoms with E-state index in [1.165, 1.54) is 28.4 Å². The number of aryl methyl sites for hydroxylation is 3. The average Bonchev–Trinajstić information content (AvgIpc) is 3.11. The summed E-state index contributed by atoms with van der Waals surface area (Å²) in [6.07, 6.45) is 3.63. The Morgan fingerprint density at radius 2 is 1.80 bits per heavy atom. The molecule has 0 saturated carbocycles. The number of imidazole rings is 1. The number of hydrogen-bond donors (Lipinski definition) is 0. The molecular weight excluding hydrogens is 322 g/mol. The molecule has 3 aromatic heterocycles. The third-order valence-electron chi connectivity index (χ3n) is 5.29. The SMILES string of the molecule is Cc1oc2nc3c(c(=O)n(CCN4CCCCC4)c(=O)n3C)n2c1C. The Kier molecular flexibility index (Phi) is 3.79. The molecule has 134 valence electrons. The van der Waals surface area contributed by atoms with Crippen LogP contribution >= 0.6 is 0 Å². The van der Waals surface area contributed by atoms with Gasteiger partial charge in [0.1, 0.15) is 5.76 Å². The lowest BCUT2D eigenvalue weighted by Crippen LogP contribution is -2.43. The first kappa shape index (κ1) is 16.1. The zero-order valence-corrected chi connectivity index (χ0v) is 14.9. The van der Waals surface area contributed by atoms with Crippen molar-refractivity contribution in [2.75, 3.05) is 19.6 Å². The van der Waals surface area contributed by atoms with Crippen LogP contribution in [0.25, 0.3) is 17.0 Å². The number of aromatic nitrogens is 4. The number of piperidine rings is 1. The van der Waals surface area contributed by atoms with Gasteiger partial charge in [0.25, 0.3) is 5.56 Å². The van der Waals surface area contributed by atoms with Crippen LogP contribution in [0, 0.1) is 13.8 Å². The van der Waals surface area contributed by atoms with Gasteiger partial charge in [0, 0.05) is 20.1 Å². The minimum absolute atomic E-state index is 0.300. The van der Waals surface area contributed by atoms with Gasteiger partial charge in [0.2, 0.25) is 0 Å². The maximum absolute atomic E-state index is 13.0. The topological polar surface area (TPSA) is 77.7 Å². The number of hydrogen-bond acceptors (Lipinski definition) is 5. The Bertz CT molecular complexity index is 1060. The molecule has 0 radical (unpaired) electrons. The Hall–Kier alpha value is -2.35. The van der Waals surface area contributed by atoms with Gasteiger partial charge in [-0.3, -0.25) is 18.3 Å². The van der Waals surface area contributed by atoms with Crippen LogP contribution in [0.4, 0.5) is 0 Å². The van der Waals surface area contributed by atoms with Crippen LogP contribution in [0.1, 0.15) is 30.7 Å². The van der Waals surface area contributed by atoms with Crippen molar-refractivity contribution < 1.29 is 4.42 Å². The normalized spacial score (nSPS) is 16.3. The number of likely N-dealkylation sites (tertiary alicyclic amines) is 1. The summed E-state index contributed by atoms with van der Waals surface area (Å²) in [5.74, 6) is 1.07. The van der Waals surface area contributed by atoms with E-state index in [1.807, 2.05) is 13.8 Å². The summed E-state index contributed by atoms with van der Waals surface area (Å²) in [5.41, 5.74) is 0.975. The van der Waals surface area contributed by atoms with E-state index in [4.69, 9.17) is 4.42 Å². The fraction of sp³-hybridized carbons (Fsp3) is 0.588. The second-order valence-electron chi connectivity index (χ2n) is 6.85. The molecule has 4 heterocycles. The van der Waals surface area contributed by atoms with Crippen molar-refractivity contribution in [2.24, 2.45) is 7.05 Å². The third-order valence-corrected chi connectivity index (χ3v) is 5.29. The summed E-state index contributed by atoms with van der Waals surface area (Å²) < 4.78 is 10.1. The Morgan fingerprint density at radius 3 is 2.52 bits per heavy atom. The number of oxazole rings is 1. The molecule has 0 bridgehead atoms. The van der Waals surface area contributed by atoms with E-state index >= 15 is 0 Å². The van der Waals surface area contributed by atoms with E-state index < -0.39 is 0 Å². The van der Waals surface area contributed by atoms with Crippen LogP contribution in [0.5, 0.6) is 0 Å². The van der Waals surface area contributed by atoms with Crippen molar-refractivity contribution >= 4 is 17.0 Å². The predicted octanol–water partition coefficient (Wildman–Crippen LogP) is 1.04. The van der Waals surface area contributed by atoms with Crippen molar-refractivity contribution in [3.05, 3.63) is 32.3 Å². The Balaban J connectivity index is 1.84. The lowest BCUT2D eigenvalue weighted by molar-refractivity contribution is 0.218. The summed E-state index contributed by atoms with van der Waals surface area (Å²) in [6, 6.07) is 0. The van der Waals surface area contributed by atoms with Crippen LogP contribution < -0.4 is 11.2 Å². The highest BCUT2D eigenvalue weighted by Crippen LogP contribution is 2.19. The van der Waals surface area contributed by atoms with Gasteiger partial charge in [-0.1, -0.05) is 6.42 Å². The molecule has 8 heteroatoms. The summed E-state index contributed by atoms with van der Waals surface area (Å²) in [7, 11) is 1.65. The highest BCUT2D eigenvalue weighted by molar-refractivity contribution is 5.75. The van der Waals surface area contributed by atoms with E-state index in [-0.39, 0.29) is 11.2 Å². The van der Waals surface area contributed by atoms with Gasteiger partial charge in [-0.05, 0) is 39.8 Å². The van der Waals surface area contributed by atoms with Gasteiger partial charge < -0.3 is 9.32 Å². The van der Waals surface area contributed by atoms with Crippen molar-refractivity contribution in [3.8, 4) is 0 Å². The average molecular weight is 345 g/mol. The molecule has 0 N–H and O–H groups in total. The van der Waals surface area contributed by atoms with Crippen LogP contribution in [0.15, 0.2) is 14.0 Å². The smallest absolute Gasteiger partial charge is 0.332 e. The minimum Gasteiger partial charge on any atom is -0.428 e. The second kappa shape index (κ2) is 5.87. The molecule has 0 spiro atoms. The van der Waals surface area contributed by atoms with Crippen molar-refractivity contribution in [3.63, 3.8) is 0 Å². The minimum atomic E-state index is -0.329. The van der Waals surface area contributed by atoms with E-state index in [2.05, 4.69) is 9.88 Å². The van der Waals surface area contributed by atoms with Gasteiger partial charge in [0.05, 0.1) is 5.69 Å². The molecule has 1 saturated heterocycles. The second-order valence-corrected chi connectivity index (χ2v) is 6.85. The van der Waals surface area contributed by atoms with Crippen LogP contribution in [-0.4, -0.2) is 43.1 Å². The van der Waals surface area contributed by atoms with Crippen molar-refractivity contribution in [2.45, 2.75) is 39.7 Å². The first-order valence-corrected chi connectivity index (χ1v) is 8.79. The van der Waals surface area contributed by atoms with E-state index in [0.29, 0.717) is 30.1 Å². The largest absolute Gasteiger partial charge is 0.428 e. The number of nitrogens with zero attached hydrogens (tertiary/aromatic N) is 5. The molecule has 1 fully saturated rings. The van der Waals surface area contributed by atoms with E-state index in [1.54, 1.807) is 11.4 Å². The molecule has 0 amide bonds. The molecule has 0 atom stereocenters. The summed E-state index contributed by atoms with van der Waals surface area (Å²) >= 11 is 0. The molecule has 0 unspecified atom stereocenters. The first-order valence-electron chi connectivity index (χ1n) is 8.79. The monoisotopic (exact) mass is 345 g/mol.